The molecule has 0 saturated heterocycles. The van der Waals surface area contributed by atoms with E-state index in [1.54, 1.807) is 6.07 Å². The van der Waals surface area contributed by atoms with Gasteiger partial charge in [0.1, 0.15) is 5.75 Å². The molecule has 1 unspecified atom stereocenters. The third-order valence-corrected chi connectivity index (χ3v) is 4.03. The molecule has 3 aromatic rings. The number of fused-ring (bicyclic) bond motifs is 1. The highest BCUT2D eigenvalue weighted by atomic mass is 16.3. The van der Waals surface area contributed by atoms with Crippen LogP contribution in [0.25, 0.3) is 16.5 Å². The molecule has 22 heavy (non-hydrogen) atoms. The first-order chi connectivity index (χ1) is 10.8. The molecule has 4 rings (SSSR count). The maximum Gasteiger partial charge on any atom is 0.119 e. The Kier molecular flexibility index (Phi) is 3.01. The molecule has 1 aromatic heterocycles. The topological polar surface area (TPSA) is 33.1 Å². The summed E-state index contributed by atoms with van der Waals surface area (Å²) < 4.78 is 0. The van der Waals surface area contributed by atoms with E-state index < -0.39 is 0 Å². The van der Waals surface area contributed by atoms with Gasteiger partial charge in [-0.2, -0.15) is 0 Å². The van der Waals surface area contributed by atoms with Gasteiger partial charge in [0.2, 0.25) is 0 Å². The van der Waals surface area contributed by atoms with Crippen LogP contribution in [0.15, 0.2) is 78.9 Å². The van der Waals surface area contributed by atoms with Gasteiger partial charge in [-0.05, 0) is 23.8 Å². The third-order valence-electron chi connectivity index (χ3n) is 4.03. The summed E-state index contributed by atoms with van der Waals surface area (Å²) in [6, 6.07) is 19.7. The van der Waals surface area contributed by atoms with E-state index in [1.807, 2.05) is 42.5 Å². The number of para-hydroxylation sites is 2. The van der Waals surface area contributed by atoms with Gasteiger partial charge in [0.05, 0.1) is 11.2 Å². The van der Waals surface area contributed by atoms with Crippen molar-refractivity contribution in [2.24, 2.45) is 0 Å². The number of allylic oxidation sites excluding steroid dienone is 4. The highest BCUT2D eigenvalue weighted by Crippen LogP contribution is 2.35. The zero-order chi connectivity index (χ0) is 14.9. The molecule has 2 nitrogen and oxygen atoms in total. The first kappa shape index (κ1) is 12.8. The summed E-state index contributed by atoms with van der Waals surface area (Å²) in [4.78, 5) is 4.73. The molecule has 0 fully saturated rings. The van der Waals surface area contributed by atoms with Crippen molar-refractivity contribution in [3.05, 3.63) is 90.1 Å². The second-order valence-electron chi connectivity index (χ2n) is 5.45. The molecule has 2 aromatic carbocycles. The number of phenols is 1. The van der Waals surface area contributed by atoms with Crippen LogP contribution in [-0.4, -0.2) is 10.1 Å². The average molecular weight is 285 g/mol. The molecule has 0 amide bonds. The van der Waals surface area contributed by atoms with E-state index >= 15 is 0 Å². The molecule has 0 aliphatic heterocycles. The molecule has 1 atom stereocenters. The monoisotopic (exact) mass is 285 g/mol. The van der Waals surface area contributed by atoms with Gasteiger partial charge < -0.3 is 5.11 Å². The summed E-state index contributed by atoms with van der Waals surface area (Å²) in [5.41, 5.74) is 3.99. The van der Waals surface area contributed by atoms with Gasteiger partial charge in [0.15, 0.2) is 0 Å². The molecule has 1 aliphatic carbocycles. The summed E-state index contributed by atoms with van der Waals surface area (Å²) >= 11 is 0. The minimum Gasteiger partial charge on any atom is -0.508 e. The lowest BCUT2D eigenvalue weighted by atomic mass is 9.99. The first-order valence-electron chi connectivity index (χ1n) is 7.35. The van der Waals surface area contributed by atoms with Crippen LogP contribution in [0.5, 0.6) is 5.75 Å². The normalized spacial score (nSPS) is 16.9. The number of pyridine rings is 1. The van der Waals surface area contributed by atoms with Gasteiger partial charge in [-0.3, -0.25) is 0 Å². The van der Waals surface area contributed by atoms with E-state index in [4.69, 9.17) is 4.98 Å². The van der Waals surface area contributed by atoms with Crippen molar-refractivity contribution in [3.63, 3.8) is 0 Å². The summed E-state index contributed by atoms with van der Waals surface area (Å²) in [5.74, 6) is 0.436. The van der Waals surface area contributed by atoms with Gasteiger partial charge >= 0.3 is 0 Å². The van der Waals surface area contributed by atoms with E-state index in [2.05, 4.69) is 30.4 Å². The quantitative estimate of drug-likeness (QED) is 0.741. The SMILES string of the molecule is Oc1ccccc1C1C=CC(c2ccc3ccccc3n2)=C1. The molecule has 2 heteroatoms. The van der Waals surface area contributed by atoms with E-state index in [0.29, 0.717) is 5.75 Å². The summed E-state index contributed by atoms with van der Waals surface area (Å²) in [7, 11) is 0. The van der Waals surface area contributed by atoms with Gasteiger partial charge in [-0.25, -0.2) is 4.98 Å². The Balaban J connectivity index is 1.72. The Morgan fingerprint density at radius 2 is 1.68 bits per heavy atom. The fourth-order valence-corrected chi connectivity index (χ4v) is 2.87. The van der Waals surface area contributed by atoms with Crippen molar-refractivity contribution < 1.29 is 5.11 Å². The van der Waals surface area contributed by atoms with Gasteiger partial charge in [-0.1, -0.05) is 60.7 Å². The number of nitrogens with zero attached hydrogens (tertiary/aromatic N) is 1. The summed E-state index contributed by atoms with van der Waals surface area (Å²) in [6.07, 6.45) is 6.32. The second kappa shape index (κ2) is 5.15. The number of hydrogen-bond acceptors (Lipinski definition) is 2. The molecule has 1 N–H and O–H groups in total. The predicted molar refractivity (Wildman–Crippen MR) is 89.7 cm³/mol. The fourth-order valence-electron chi connectivity index (χ4n) is 2.87. The van der Waals surface area contributed by atoms with Crippen LogP contribution in [0.4, 0.5) is 0 Å². The molecular formula is C20H15NO. The van der Waals surface area contributed by atoms with Gasteiger partial charge in [-0.15, -0.1) is 0 Å². The molecule has 0 saturated carbocycles. The number of aromatic hydroxyl groups is 1. The number of hydrogen-bond donors (Lipinski definition) is 1. The predicted octanol–water partition coefficient (Wildman–Crippen LogP) is 4.68. The van der Waals surface area contributed by atoms with Crippen LogP contribution in [-0.2, 0) is 0 Å². The van der Waals surface area contributed by atoms with Crippen LogP contribution < -0.4 is 0 Å². The zero-order valence-electron chi connectivity index (χ0n) is 12.0. The minimum atomic E-state index is 0.101. The summed E-state index contributed by atoms with van der Waals surface area (Å²) in [5, 5.41) is 11.1. The first-order valence-corrected chi connectivity index (χ1v) is 7.35. The number of aromatic nitrogens is 1. The maximum atomic E-state index is 9.99. The minimum absolute atomic E-state index is 0.101. The highest BCUT2D eigenvalue weighted by molar-refractivity contribution is 5.83. The van der Waals surface area contributed by atoms with Gasteiger partial charge in [0.25, 0.3) is 0 Å². The second-order valence-corrected chi connectivity index (χ2v) is 5.45. The van der Waals surface area contributed by atoms with Crippen LogP contribution in [0.2, 0.25) is 0 Å². The van der Waals surface area contributed by atoms with E-state index in [1.165, 1.54) is 0 Å². The van der Waals surface area contributed by atoms with Gasteiger partial charge in [0, 0.05) is 16.9 Å². The van der Waals surface area contributed by atoms with E-state index in [9.17, 15) is 5.11 Å². The number of phenolic OH excluding ortho intramolecular Hbond substituents is 1. The van der Waals surface area contributed by atoms with Crippen LogP contribution in [0.1, 0.15) is 17.2 Å². The van der Waals surface area contributed by atoms with Crippen molar-refractivity contribution in [1.29, 1.82) is 0 Å². The van der Waals surface area contributed by atoms with Crippen molar-refractivity contribution in [2.45, 2.75) is 5.92 Å². The van der Waals surface area contributed by atoms with Crippen molar-refractivity contribution in [1.82, 2.24) is 4.98 Å². The lowest BCUT2D eigenvalue weighted by Gasteiger charge is -2.08. The Labute approximate surface area is 129 Å². The number of rotatable bonds is 2. The molecular weight excluding hydrogens is 270 g/mol. The average Bonchev–Trinajstić information content (AvgIpc) is 3.04. The Morgan fingerprint density at radius 1 is 0.864 bits per heavy atom. The largest absolute Gasteiger partial charge is 0.508 e. The van der Waals surface area contributed by atoms with Crippen LogP contribution in [0.3, 0.4) is 0 Å². The van der Waals surface area contributed by atoms with Crippen LogP contribution >= 0.6 is 0 Å². The standard InChI is InChI=1S/C20H15NO/c22-20-8-4-2-6-17(20)15-9-10-16(13-15)19-12-11-14-5-1-3-7-18(14)21-19/h1-13,15,22H. The Hall–Kier alpha value is -2.87. The molecule has 1 aliphatic rings. The lowest BCUT2D eigenvalue weighted by Crippen LogP contribution is -1.90. The highest BCUT2D eigenvalue weighted by Gasteiger charge is 2.16. The Morgan fingerprint density at radius 3 is 2.59 bits per heavy atom. The van der Waals surface area contributed by atoms with Crippen molar-refractivity contribution >= 4 is 16.5 Å². The van der Waals surface area contributed by atoms with E-state index in [0.717, 1.165) is 27.7 Å². The van der Waals surface area contributed by atoms with E-state index in [-0.39, 0.29) is 5.92 Å². The van der Waals surface area contributed by atoms with Crippen LogP contribution in [0, 0.1) is 0 Å². The van der Waals surface area contributed by atoms with Crippen molar-refractivity contribution in [3.8, 4) is 5.75 Å². The molecule has 0 bridgehead atoms. The maximum absolute atomic E-state index is 9.99. The Bertz CT molecular complexity index is 908. The molecule has 0 radical (unpaired) electrons. The molecule has 106 valence electrons. The lowest BCUT2D eigenvalue weighted by molar-refractivity contribution is 0.468. The molecule has 0 spiro atoms. The third kappa shape index (κ3) is 2.19. The molecule has 1 heterocycles. The fraction of sp³-hybridized carbons (Fsp3) is 0.0500. The summed E-state index contributed by atoms with van der Waals surface area (Å²) in [6.45, 7) is 0. The van der Waals surface area contributed by atoms with Crippen molar-refractivity contribution in [2.75, 3.05) is 0 Å². The number of benzene rings is 2. The smallest absolute Gasteiger partial charge is 0.119 e. The zero-order valence-corrected chi connectivity index (χ0v) is 12.0.